The first-order chi connectivity index (χ1) is 7.93. The summed E-state index contributed by atoms with van der Waals surface area (Å²) in [6.45, 7) is 1.23. The lowest BCUT2D eigenvalue weighted by Gasteiger charge is -2.09. The first kappa shape index (κ1) is 8.54. The standard InChI is InChI=1S/C15H13N/c1-3-7-12(8-4-1)14-15(11-16(14)15)13-9-5-2-6-10-13/h1-10,14H,11H2/t14-,15+,16?/m1/s1. The number of fused-ring (bicyclic) bond motifs is 1. The number of nitrogens with zero attached hydrogens (tertiary/aromatic N) is 1. The lowest BCUT2D eigenvalue weighted by molar-refractivity contribution is 0.646. The van der Waals surface area contributed by atoms with Gasteiger partial charge in [-0.3, -0.25) is 4.90 Å². The maximum atomic E-state index is 2.55. The zero-order chi connectivity index (χ0) is 10.6. The molecule has 0 aliphatic carbocycles. The van der Waals surface area contributed by atoms with Crippen LogP contribution in [0.3, 0.4) is 0 Å². The summed E-state index contributed by atoms with van der Waals surface area (Å²) in [5.41, 5.74) is 3.30. The third-order valence-corrected chi connectivity index (χ3v) is 3.91. The van der Waals surface area contributed by atoms with Crippen molar-refractivity contribution in [3.05, 3.63) is 71.8 Å². The molecular formula is C15H13N. The maximum absolute atomic E-state index is 2.55. The van der Waals surface area contributed by atoms with Crippen molar-refractivity contribution in [2.24, 2.45) is 0 Å². The van der Waals surface area contributed by atoms with E-state index in [1.807, 2.05) is 0 Å². The third kappa shape index (κ3) is 0.940. The van der Waals surface area contributed by atoms with E-state index < -0.39 is 0 Å². The van der Waals surface area contributed by atoms with Crippen LogP contribution in [0.25, 0.3) is 0 Å². The van der Waals surface area contributed by atoms with Gasteiger partial charge >= 0.3 is 0 Å². The Hall–Kier alpha value is -1.60. The highest BCUT2D eigenvalue weighted by Gasteiger charge is 2.78. The largest absolute Gasteiger partial charge is 0.279 e. The molecule has 0 bridgehead atoms. The monoisotopic (exact) mass is 207 g/mol. The molecule has 1 heteroatoms. The van der Waals surface area contributed by atoms with Crippen molar-refractivity contribution in [2.45, 2.75) is 11.6 Å². The van der Waals surface area contributed by atoms with Gasteiger partial charge in [-0.05, 0) is 11.1 Å². The van der Waals surface area contributed by atoms with Gasteiger partial charge in [-0.1, -0.05) is 60.7 Å². The Morgan fingerprint density at radius 3 is 2.12 bits per heavy atom. The minimum Gasteiger partial charge on any atom is -0.279 e. The Morgan fingerprint density at radius 1 is 0.875 bits per heavy atom. The topological polar surface area (TPSA) is 3.01 Å². The average molecular weight is 207 g/mol. The molecule has 2 aliphatic heterocycles. The molecule has 0 aromatic heterocycles. The van der Waals surface area contributed by atoms with E-state index in [2.05, 4.69) is 65.6 Å². The average Bonchev–Trinajstić information content (AvgIpc) is 3.20. The second-order valence-corrected chi connectivity index (χ2v) is 4.73. The normalized spacial score (nSPS) is 34.2. The van der Waals surface area contributed by atoms with Crippen LogP contribution in [0.2, 0.25) is 0 Å². The molecule has 2 aromatic rings. The molecular weight excluding hydrogens is 194 g/mol. The van der Waals surface area contributed by atoms with Crippen molar-refractivity contribution in [3.8, 4) is 0 Å². The number of rotatable bonds is 2. The molecule has 78 valence electrons. The first-order valence-corrected chi connectivity index (χ1v) is 5.80. The molecule has 2 heterocycles. The molecule has 16 heavy (non-hydrogen) atoms. The lowest BCUT2D eigenvalue weighted by Crippen LogP contribution is -2.06. The molecule has 3 atom stereocenters. The van der Waals surface area contributed by atoms with Gasteiger partial charge in [0.15, 0.2) is 0 Å². The van der Waals surface area contributed by atoms with E-state index in [0.29, 0.717) is 11.6 Å². The Balaban J connectivity index is 1.70. The minimum absolute atomic E-state index is 0.364. The first-order valence-electron chi connectivity index (χ1n) is 5.80. The highest BCUT2D eigenvalue weighted by atomic mass is 15.6. The van der Waals surface area contributed by atoms with Gasteiger partial charge in [0, 0.05) is 6.54 Å². The predicted molar refractivity (Wildman–Crippen MR) is 64.0 cm³/mol. The van der Waals surface area contributed by atoms with Gasteiger partial charge in [0.2, 0.25) is 0 Å². The SMILES string of the molecule is c1ccc([C@H]2N3C[C@]23c2ccccc2)cc1. The summed E-state index contributed by atoms with van der Waals surface area (Å²) in [6.07, 6.45) is 0. The summed E-state index contributed by atoms with van der Waals surface area (Å²) in [6, 6.07) is 22.3. The van der Waals surface area contributed by atoms with Crippen molar-refractivity contribution < 1.29 is 0 Å². The molecule has 1 nitrogen and oxygen atoms in total. The Labute approximate surface area is 95.3 Å². The third-order valence-electron chi connectivity index (χ3n) is 3.91. The van der Waals surface area contributed by atoms with Crippen LogP contribution < -0.4 is 0 Å². The van der Waals surface area contributed by atoms with Crippen LogP contribution in [-0.2, 0) is 5.54 Å². The van der Waals surface area contributed by atoms with E-state index in [1.54, 1.807) is 0 Å². The van der Waals surface area contributed by atoms with E-state index in [4.69, 9.17) is 0 Å². The van der Waals surface area contributed by atoms with Crippen LogP contribution in [0.4, 0.5) is 0 Å². The van der Waals surface area contributed by atoms with Crippen LogP contribution in [-0.4, -0.2) is 11.4 Å². The summed E-state index contributed by atoms with van der Waals surface area (Å²) < 4.78 is 0. The fourth-order valence-corrected chi connectivity index (χ4v) is 2.91. The van der Waals surface area contributed by atoms with Crippen LogP contribution >= 0.6 is 0 Å². The van der Waals surface area contributed by atoms with E-state index >= 15 is 0 Å². The maximum Gasteiger partial charge on any atom is 0.0795 e. The quantitative estimate of drug-likeness (QED) is 0.684. The number of hydrogen-bond acceptors (Lipinski definition) is 1. The van der Waals surface area contributed by atoms with Crippen LogP contribution in [0, 0.1) is 0 Å². The van der Waals surface area contributed by atoms with E-state index in [0.717, 1.165) is 0 Å². The van der Waals surface area contributed by atoms with E-state index in [-0.39, 0.29) is 0 Å². The van der Waals surface area contributed by atoms with Crippen molar-refractivity contribution in [1.29, 1.82) is 0 Å². The van der Waals surface area contributed by atoms with Crippen molar-refractivity contribution in [2.75, 3.05) is 6.54 Å². The predicted octanol–water partition coefficient (Wildman–Crippen LogP) is 2.95. The van der Waals surface area contributed by atoms with Gasteiger partial charge in [0.25, 0.3) is 0 Å². The summed E-state index contributed by atoms with van der Waals surface area (Å²) in [5.74, 6) is 0. The zero-order valence-electron chi connectivity index (χ0n) is 9.01. The summed E-state index contributed by atoms with van der Waals surface area (Å²) in [4.78, 5) is 2.55. The van der Waals surface area contributed by atoms with Crippen molar-refractivity contribution in [3.63, 3.8) is 0 Å². The van der Waals surface area contributed by atoms with Crippen LogP contribution in [0.1, 0.15) is 17.2 Å². The second-order valence-electron chi connectivity index (χ2n) is 4.73. The van der Waals surface area contributed by atoms with Gasteiger partial charge in [0.1, 0.15) is 0 Å². The molecule has 0 N–H and O–H groups in total. The summed E-state index contributed by atoms with van der Waals surface area (Å²) in [7, 11) is 0. The molecule has 1 unspecified atom stereocenters. The van der Waals surface area contributed by atoms with Gasteiger partial charge < -0.3 is 0 Å². The second kappa shape index (κ2) is 2.74. The lowest BCUT2D eigenvalue weighted by atomic mass is 9.93. The minimum atomic E-state index is 0.364. The molecule has 0 radical (unpaired) electrons. The van der Waals surface area contributed by atoms with Gasteiger partial charge in [-0.25, -0.2) is 0 Å². The van der Waals surface area contributed by atoms with Crippen molar-refractivity contribution >= 4 is 0 Å². The zero-order valence-corrected chi connectivity index (χ0v) is 9.01. The van der Waals surface area contributed by atoms with Crippen LogP contribution in [0.15, 0.2) is 60.7 Å². The molecule has 4 rings (SSSR count). The molecule has 0 amide bonds. The Bertz CT molecular complexity index is 520. The Morgan fingerprint density at radius 2 is 1.50 bits per heavy atom. The van der Waals surface area contributed by atoms with Gasteiger partial charge in [-0.2, -0.15) is 0 Å². The van der Waals surface area contributed by atoms with Crippen molar-refractivity contribution in [1.82, 2.24) is 4.90 Å². The number of benzene rings is 2. The highest BCUT2D eigenvalue weighted by Crippen LogP contribution is 2.72. The van der Waals surface area contributed by atoms with E-state index in [1.165, 1.54) is 17.7 Å². The summed E-state index contributed by atoms with van der Waals surface area (Å²) in [5, 5.41) is 0. The Kier molecular flexibility index (Phi) is 1.46. The molecule has 2 aromatic carbocycles. The van der Waals surface area contributed by atoms with E-state index in [9.17, 15) is 0 Å². The fourth-order valence-electron chi connectivity index (χ4n) is 2.91. The summed E-state index contributed by atoms with van der Waals surface area (Å²) >= 11 is 0. The fraction of sp³-hybridized carbons (Fsp3) is 0.200. The molecule has 0 spiro atoms. The molecule has 2 fully saturated rings. The highest BCUT2D eigenvalue weighted by molar-refractivity contribution is 5.50. The molecule has 0 saturated carbocycles. The molecule has 2 saturated heterocycles. The van der Waals surface area contributed by atoms with Crippen LogP contribution in [0.5, 0.6) is 0 Å². The van der Waals surface area contributed by atoms with Gasteiger partial charge in [-0.15, -0.1) is 0 Å². The number of hydrogen-bond donors (Lipinski definition) is 0. The molecule has 2 aliphatic rings. The van der Waals surface area contributed by atoms with Gasteiger partial charge in [0.05, 0.1) is 11.6 Å². The smallest absolute Gasteiger partial charge is 0.0795 e.